The Morgan fingerprint density at radius 2 is 1.09 bits per heavy atom. The number of hydrogen-bond acceptors (Lipinski definition) is 2. The van der Waals surface area contributed by atoms with Crippen molar-refractivity contribution >= 4 is 11.6 Å². The van der Waals surface area contributed by atoms with Gasteiger partial charge in [-0.25, -0.2) is 0 Å². The van der Waals surface area contributed by atoms with E-state index >= 15 is 0 Å². The number of carbonyl (C=O) groups excluding carboxylic acids is 2. The number of allylic oxidation sites excluding steroid dienone is 12. The Morgan fingerprint density at radius 3 is 1.52 bits per heavy atom. The molecule has 0 amide bonds. The van der Waals surface area contributed by atoms with Crippen LogP contribution in [-0.2, 0) is 9.59 Å². The molecule has 0 aliphatic heterocycles. The molecular formula is C21H24O2. The van der Waals surface area contributed by atoms with Crippen molar-refractivity contribution in [1.29, 1.82) is 0 Å². The summed E-state index contributed by atoms with van der Waals surface area (Å²) in [6.45, 7) is 7.87. The molecule has 2 heteroatoms. The van der Waals surface area contributed by atoms with Crippen molar-refractivity contribution in [1.82, 2.24) is 0 Å². The van der Waals surface area contributed by atoms with E-state index in [4.69, 9.17) is 0 Å². The van der Waals surface area contributed by atoms with Crippen LogP contribution in [0.5, 0.6) is 0 Å². The van der Waals surface area contributed by atoms with Crippen LogP contribution in [0.4, 0.5) is 0 Å². The van der Waals surface area contributed by atoms with Gasteiger partial charge in [0.05, 0.1) is 0 Å². The molecule has 0 bridgehead atoms. The summed E-state index contributed by atoms with van der Waals surface area (Å²) in [6, 6.07) is 0. The average molecular weight is 308 g/mol. The molecule has 2 nitrogen and oxygen atoms in total. The molecule has 0 radical (unpaired) electrons. The van der Waals surface area contributed by atoms with Gasteiger partial charge in [0.2, 0.25) is 0 Å². The highest BCUT2D eigenvalue weighted by molar-refractivity contribution is 6.10. The van der Waals surface area contributed by atoms with Gasteiger partial charge < -0.3 is 0 Å². The summed E-state index contributed by atoms with van der Waals surface area (Å²) < 4.78 is 0. The lowest BCUT2D eigenvalue weighted by atomic mass is 9.90. The van der Waals surface area contributed by atoms with Gasteiger partial charge in [0.1, 0.15) is 0 Å². The fourth-order valence-electron chi connectivity index (χ4n) is 2.83. The number of carbonyl (C=O) groups is 2. The summed E-state index contributed by atoms with van der Waals surface area (Å²) in [5.74, 6) is 0.314. The number of ketones is 2. The molecule has 0 fully saturated rings. The quantitative estimate of drug-likeness (QED) is 0.735. The Morgan fingerprint density at radius 1 is 0.696 bits per heavy atom. The monoisotopic (exact) mass is 308 g/mol. The first-order chi connectivity index (χ1) is 11.0. The smallest absolute Gasteiger partial charge is 0.185 e. The molecule has 0 atom stereocenters. The maximum Gasteiger partial charge on any atom is 0.185 e. The summed E-state index contributed by atoms with van der Waals surface area (Å²) in [5.41, 5.74) is 5.43. The minimum Gasteiger partial charge on any atom is -0.289 e. The first-order valence-corrected chi connectivity index (χ1v) is 8.31. The van der Waals surface area contributed by atoms with Crippen LogP contribution in [0.15, 0.2) is 69.9 Å². The molecule has 23 heavy (non-hydrogen) atoms. The molecule has 0 aromatic carbocycles. The molecule has 0 saturated carbocycles. The fraction of sp³-hybridized carbons (Fsp3) is 0.333. The van der Waals surface area contributed by atoms with Gasteiger partial charge in [0.15, 0.2) is 11.6 Å². The van der Waals surface area contributed by atoms with Gasteiger partial charge in [-0.05, 0) is 67.2 Å². The summed E-state index contributed by atoms with van der Waals surface area (Å²) >= 11 is 0. The first-order valence-electron chi connectivity index (χ1n) is 8.31. The molecule has 2 rings (SSSR count). The zero-order valence-electron chi connectivity index (χ0n) is 14.4. The third kappa shape index (κ3) is 3.76. The standard InChI is InChI=1S/C21H24O2/c1-5-17-11-15(10-14(4)20(17)22)8-9-16-12-18(6-2)21(23)19(7-3)13-16/h8-13H,5-7H2,1-4H3/b15-8-. The van der Waals surface area contributed by atoms with E-state index in [1.807, 2.05) is 64.2 Å². The van der Waals surface area contributed by atoms with Crippen molar-refractivity contribution in [2.45, 2.75) is 47.0 Å². The number of hydrogen-bond donors (Lipinski definition) is 0. The Balaban J connectivity index is 2.37. The molecule has 0 N–H and O–H groups in total. The van der Waals surface area contributed by atoms with Gasteiger partial charge in [-0.1, -0.05) is 32.9 Å². The maximum atomic E-state index is 12.2. The molecule has 2 aliphatic rings. The topological polar surface area (TPSA) is 34.1 Å². The van der Waals surface area contributed by atoms with Gasteiger partial charge >= 0.3 is 0 Å². The molecule has 0 aromatic rings. The molecule has 0 spiro atoms. The molecular weight excluding hydrogens is 284 g/mol. The predicted octanol–water partition coefficient (Wildman–Crippen LogP) is 4.96. The lowest BCUT2D eigenvalue weighted by Crippen LogP contribution is -2.10. The predicted molar refractivity (Wildman–Crippen MR) is 95.1 cm³/mol. The Kier molecular flexibility index (Phi) is 5.49. The normalized spacial score (nSPS) is 20.2. The lowest BCUT2D eigenvalue weighted by Gasteiger charge is -2.14. The highest BCUT2D eigenvalue weighted by Crippen LogP contribution is 2.24. The van der Waals surface area contributed by atoms with E-state index in [2.05, 4.69) is 0 Å². The van der Waals surface area contributed by atoms with Gasteiger partial charge in [0.25, 0.3) is 0 Å². The Bertz CT molecular complexity index is 693. The van der Waals surface area contributed by atoms with Crippen LogP contribution in [0.1, 0.15) is 47.0 Å². The third-order valence-corrected chi connectivity index (χ3v) is 4.25. The Labute approximate surface area is 138 Å². The van der Waals surface area contributed by atoms with Crippen LogP contribution in [0.2, 0.25) is 0 Å². The first kappa shape index (κ1) is 17.1. The average Bonchev–Trinajstić information content (AvgIpc) is 2.56. The fourth-order valence-corrected chi connectivity index (χ4v) is 2.83. The van der Waals surface area contributed by atoms with Gasteiger partial charge in [-0.2, -0.15) is 0 Å². The summed E-state index contributed by atoms with van der Waals surface area (Å²) in [7, 11) is 0. The minimum absolute atomic E-state index is 0.141. The van der Waals surface area contributed by atoms with Crippen molar-refractivity contribution in [2.24, 2.45) is 0 Å². The van der Waals surface area contributed by atoms with Crippen LogP contribution < -0.4 is 0 Å². The SMILES string of the molecule is CCC1=C/C(=C\C=C2C=C(CC)C(=O)C(CC)=C2)C=C(C)C1=O. The van der Waals surface area contributed by atoms with Crippen LogP contribution in [-0.4, -0.2) is 11.6 Å². The maximum absolute atomic E-state index is 12.2. The zero-order chi connectivity index (χ0) is 17.0. The highest BCUT2D eigenvalue weighted by Gasteiger charge is 2.17. The molecule has 0 aromatic heterocycles. The van der Waals surface area contributed by atoms with Crippen molar-refractivity contribution in [2.75, 3.05) is 0 Å². The largest absolute Gasteiger partial charge is 0.289 e. The molecule has 120 valence electrons. The van der Waals surface area contributed by atoms with Crippen molar-refractivity contribution < 1.29 is 9.59 Å². The van der Waals surface area contributed by atoms with E-state index in [0.29, 0.717) is 0 Å². The highest BCUT2D eigenvalue weighted by atomic mass is 16.1. The second-order valence-corrected chi connectivity index (χ2v) is 5.89. The van der Waals surface area contributed by atoms with Gasteiger partial charge in [0, 0.05) is 16.7 Å². The third-order valence-electron chi connectivity index (χ3n) is 4.25. The van der Waals surface area contributed by atoms with E-state index < -0.39 is 0 Å². The second kappa shape index (κ2) is 7.36. The van der Waals surface area contributed by atoms with Gasteiger partial charge in [-0.15, -0.1) is 0 Å². The molecule has 2 aliphatic carbocycles. The minimum atomic E-state index is 0.141. The summed E-state index contributed by atoms with van der Waals surface area (Å²) in [6.07, 6.45) is 14.1. The Hall–Kier alpha value is -2.22. The number of Topliss-reactive ketones (excluding diaryl/α,β-unsaturated/α-hetero) is 2. The van der Waals surface area contributed by atoms with Gasteiger partial charge in [-0.3, -0.25) is 9.59 Å². The van der Waals surface area contributed by atoms with Crippen molar-refractivity contribution in [3.05, 3.63) is 69.9 Å². The zero-order valence-corrected chi connectivity index (χ0v) is 14.4. The molecule has 0 unspecified atom stereocenters. The summed E-state index contributed by atoms with van der Waals surface area (Å²) in [5, 5.41) is 0. The van der Waals surface area contributed by atoms with Crippen LogP contribution in [0.3, 0.4) is 0 Å². The van der Waals surface area contributed by atoms with Crippen LogP contribution in [0.25, 0.3) is 0 Å². The van der Waals surface area contributed by atoms with E-state index in [0.717, 1.165) is 52.7 Å². The molecule has 0 heterocycles. The molecule has 0 saturated heterocycles. The summed E-state index contributed by atoms with van der Waals surface area (Å²) in [4.78, 5) is 24.1. The lowest BCUT2D eigenvalue weighted by molar-refractivity contribution is -0.113. The van der Waals surface area contributed by atoms with Crippen LogP contribution >= 0.6 is 0 Å². The van der Waals surface area contributed by atoms with E-state index in [-0.39, 0.29) is 11.6 Å². The number of rotatable bonds is 4. The van der Waals surface area contributed by atoms with Crippen LogP contribution in [0, 0.1) is 0 Å². The van der Waals surface area contributed by atoms with E-state index in [1.54, 1.807) is 0 Å². The van der Waals surface area contributed by atoms with E-state index in [9.17, 15) is 9.59 Å². The van der Waals surface area contributed by atoms with Crippen molar-refractivity contribution in [3.8, 4) is 0 Å². The van der Waals surface area contributed by atoms with Crippen molar-refractivity contribution in [3.63, 3.8) is 0 Å². The second-order valence-electron chi connectivity index (χ2n) is 5.89. The van der Waals surface area contributed by atoms with E-state index in [1.165, 1.54) is 0 Å².